The van der Waals surface area contributed by atoms with Crippen LogP contribution >= 0.6 is 0 Å². The lowest BCUT2D eigenvalue weighted by Gasteiger charge is -2.17. The van der Waals surface area contributed by atoms with Crippen LogP contribution in [0.5, 0.6) is 5.88 Å². The van der Waals surface area contributed by atoms with Crippen molar-refractivity contribution in [2.75, 3.05) is 6.61 Å². The molecule has 0 saturated heterocycles. The molecular weight excluding hydrogens is 254 g/mol. The molecule has 106 valence electrons. The molecular formula is C15H19N3O2. The van der Waals surface area contributed by atoms with E-state index < -0.39 is 0 Å². The number of amides is 1. The van der Waals surface area contributed by atoms with Gasteiger partial charge in [-0.15, -0.1) is 0 Å². The lowest BCUT2D eigenvalue weighted by atomic mass is 10.1. The minimum absolute atomic E-state index is 0.0436. The van der Waals surface area contributed by atoms with Crippen LogP contribution in [0.1, 0.15) is 20.8 Å². The molecule has 5 heteroatoms. The Balaban J connectivity index is 2.01. The van der Waals surface area contributed by atoms with Crippen LogP contribution in [0.2, 0.25) is 0 Å². The maximum Gasteiger partial charge on any atom is 0.258 e. The number of fused-ring (bicyclic) bond motifs is 1. The second kappa shape index (κ2) is 6.32. The van der Waals surface area contributed by atoms with Gasteiger partial charge in [0.1, 0.15) is 6.33 Å². The van der Waals surface area contributed by atoms with Gasteiger partial charge in [-0.05, 0) is 25.0 Å². The standard InChI is InChI=1S/C15H19N3O2/c1-10(2)11(3)18-14(19)8-20-15-12-6-4-5-7-13(12)16-9-17-15/h4-7,9-11H,8H2,1-3H3,(H,18,19)/t11-/m1/s1. The normalized spacial score (nSPS) is 12.4. The van der Waals surface area contributed by atoms with E-state index in [1.807, 2.05) is 31.2 Å². The van der Waals surface area contributed by atoms with Crippen LogP contribution in [-0.4, -0.2) is 28.5 Å². The van der Waals surface area contributed by atoms with Crippen LogP contribution < -0.4 is 10.1 Å². The van der Waals surface area contributed by atoms with E-state index in [1.54, 1.807) is 0 Å². The number of ether oxygens (including phenoxy) is 1. The lowest BCUT2D eigenvalue weighted by molar-refractivity contribution is -0.124. The van der Waals surface area contributed by atoms with Gasteiger partial charge in [0, 0.05) is 6.04 Å². The number of rotatable bonds is 5. The second-order valence-corrected chi connectivity index (χ2v) is 5.08. The van der Waals surface area contributed by atoms with E-state index in [2.05, 4.69) is 29.1 Å². The number of aromatic nitrogens is 2. The minimum Gasteiger partial charge on any atom is -0.467 e. The molecule has 0 bridgehead atoms. The van der Waals surface area contributed by atoms with Gasteiger partial charge in [0.2, 0.25) is 5.88 Å². The Morgan fingerprint density at radius 3 is 2.75 bits per heavy atom. The molecule has 1 aromatic carbocycles. The van der Waals surface area contributed by atoms with Gasteiger partial charge < -0.3 is 10.1 Å². The molecule has 20 heavy (non-hydrogen) atoms. The van der Waals surface area contributed by atoms with Crippen molar-refractivity contribution in [1.29, 1.82) is 0 Å². The molecule has 5 nitrogen and oxygen atoms in total. The van der Waals surface area contributed by atoms with E-state index in [0.29, 0.717) is 11.8 Å². The van der Waals surface area contributed by atoms with Gasteiger partial charge in [0.05, 0.1) is 10.9 Å². The average molecular weight is 273 g/mol. The van der Waals surface area contributed by atoms with Crippen LogP contribution in [0, 0.1) is 5.92 Å². The Morgan fingerprint density at radius 2 is 2.00 bits per heavy atom. The highest BCUT2D eigenvalue weighted by atomic mass is 16.5. The molecule has 0 aliphatic carbocycles. The Morgan fingerprint density at radius 1 is 1.25 bits per heavy atom. The molecule has 1 aromatic heterocycles. The summed E-state index contributed by atoms with van der Waals surface area (Å²) in [5, 5.41) is 3.70. The van der Waals surface area contributed by atoms with E-state index in [4.69, 9.17) is 4.74 Å². The zero-order valence-electron chi connectivity index (χ0n) is 12.0. The highest BCUT2D eigenvalue weighted by Gasteiger charge is 2.12. The highest BCUT2D eigenvalue weighted by molar-refractivity contribution is 5.84. The van der Waals surface area contributed by atoms with Gasteiger partial charge >= 0.3 is 0 Å². The van der Waals surface area contributed by atoms with Crippen LogP contribution in [0.25, 0.3) is 10.9 Å². The maximum absolute atomic E-state index is 11.8. The third kappa shape index (κ3) is 3.44. The first-order valence-electron chi connectivity index (χ1n) is 6.70. The van der Waals surface area contributed by atoms with Crippen molar-refractivity contribution in [2.24, 2.45) is 5.92 Å². The Kier molecular flexibility index (Phi) is 4.50. The number of hydrogen-bond acceptors (Lipinski definition) is 4. The van der Waals surface area contributed by atoms with Gasteiger partial charge in [0.25, 0.3) is 5.91 Å². The van der Waals surface area contributed by atoms with Crippen LogP contribution in [0.15, 0.2) is 30.6 Å². The lowest BCUT2D eigenvalue weighted by Crippen LogP contribution is -2.39. The summed E-state index contributed by atoms with van der Waals surface area (Å²) >= 11 is 0. The SMILES string of the molecule is CC(C)[C@@H](C)NC(=O)COc1ncnc2ccccc12. The molecule has 1 atom stereocenters. The summed E-state index contributed by atoms with van der Waals surface area (Å²) in [7, 11) is 0. The molecule has 0 spiro atoms. The average Bonchev–Trinajstić information content (AvgIpc) is 2.44. The number of carbonyl (C=O) groups excluding carboxylic acids is 1. The molecule has 1 N–H and O–H groups in total. The Labute approximate surface area is 118 Å². The fourth-order valence-electron chi connectivity index (χ4n) is 1.69. The first-order chi connectivity index (χ1) is 9.58. The number of nitrogens with zero attached hydrogens (tertiary/aromatic N) is 2. The summed E-state index contributed by atoms with van der Waals surface area (Å²) in [6, 6.07) is 7.66. The molecule has 0 unspecified atom stereocenters. The third-order valence-corrected chi connectivity index (χ3v) is 3.23. The van der Waals surface area contributed by atoms with Gasteiger partial charge in [-0.25, -0.2) is 9.97 Å². The van der Waals surface area contributed by atoms with Gasteiger partial charge in [-0.1, -0.05) is 26.0 Å². The molecule has 0 aliphatic rings. The predicted octanol–water partition coefficient (Wildman–Crippen LogP) is 2.17. The van der Waals surface area contributed by atoms with Crippen molar-refractivity contribution in [3.8, 4) is 5.88 Å². The summed E-state index contributed by atoms with van der Waals surface area (Å²) in [5.74, 6) is 0.677. The predicted molar refractivity (Wildman–Crippen MR) is 77.5 cm³/mol. The monoisotopic (exact) mass is 273 g/mol. The van der Waals surface area contributed by atoms with Gasteiger partial charge in [-0.2, -0.15) is 0 Å². The molecule has 1 heterocycles. The topological polar surface area (TPSA) is 64.1 Å². The van der Waals surface area contributed by atoms with Crippen molar-refractivity contribution in [3.63, 3.8) is 0 Å². The number of hydrogen-bond donors (Lipinski definition) is 1. The van der Waals surface area contributed by atoms with Gasteiger partial charge in [-0.3, -0.25) is 4.79 Å². The summed E-state index contributed by atoms with van der Waals surface area (Å²) < 4.78 is 5.50. The number of benzene rings is 1. The summed E-state index contributed by atoms with van der Waals surface area (Å²) in [5.41, 5.74) is 0.799. The Bertz CT molecular complexity index is 593. The zero-order chi connectivity index (χ0) is 14.5. The number of para-hydroxylation sites is 1. The fourth-order valence-corrected chi connectivity index (χ4v) is 1.69. The second-order valence-electron chi connectivity index (χ2n) is 5.08. The molecule has 0 aliphatic heterocycles. The fraction of sp³-hybridized carbons (Fsp3) is 0.400. The quantitative estimate of drug-likeness (QED) is 0.906. The van der Waals surface area contributed by atoms with E-state index in [0.717, 1.165) is 10.9 Å². The molecule has 0 radical (unpaired) electrons. The van der Waals surface area contributed by atoms with Crippen molar-refractivity contribution < 1.29 is 9.53 Å². The summed E-state index contributed by atoms with van der Waals surface area (Å²) in [6.45, 7) is 6.05. The summed E-state index contributed by atoms with van der Waals surface area (Å²) in [6.07, 6.45) is 1.44. The van der Waals surface area contributed by atoms with Crippen LogP contribution in [0.4, 0.5) is 0 Å². The van der Waals surface area contributed by atoms with E-state index in [9.17, 15) is 4.79 Å². The van der Waals surface area contributed by atoms with Crippen LogP contribution in [-0.2, 0) is 4.79 Å². The van der Waals surface area contributed by atoms with Gasteiger partial charge in [0.15, 0.2) is 6.61 Å². The van der Waals surface area contributed by atoms with Crippen molar-refractivity contribution in [2.45, 2.75) is 26.8 Å². The summed E-state index contributed by atoms with van der Waals surface area (Å²) in [4.78, 5) is 20.0. The third-order valence-electron chi connectivity index (χ3n) is 3.23. The van der Waals surface area contributed by atoms with Crippen LogP contribution in [0.3, 0.4) is 0 Å². The zero-order valence-corrected chi connectivity index (χ0v) is 12.0. The van der Waals surface area contributed by atoms with E-state index in [-0.39, 0.29) is 18.6 Å². The van der Waals surface area contributed by atoms with E-state index >= 15 is 0 Å². The smallest absolute Gasteiger partial charge is 0.258 e. The molecule has 2 rings (SSSR count). The molecule has 0 fully saturated rings. The molecule has 1 amide bonds. The maximum atomic E-state index is 11.8. The van der Waals surface area contributed by atoms with Crippen molar-refractivity contribution in [1.82, 2.24) is 15.3 Å². The largest absolute Gasteiger partial charge is 0.467 e. The first-order valence-corrected chi connectivity index (χ1v) is 6.70. The highest BCUT2D eigenvalue weighted by Crippen LogP contribution is 2.20. The molecule has 0 saturated carbocycles. The van der Waals surface area contributed by atoms with E-state index in [1.165, 1.54) is 6.33 Å². The Hall–Kier alpha value is -2.17. The molecule has 2 aromatic rings. The van der Waals surface area contributed by atoms with Crippen molar-refractivity contribution >= 4 is 16.8 Å². The minimum atomic E-state index is -0.145. The van der Waals surface area contributed by atoms with Crippen molar-refractivity contribution in [3.05, 3.63) is 30.6 Å². The first kappa shape index (κ1) is 14.2. The number of nitrogens with one attached hydrogen (secondary N) is 1. The number of carbonyl (C=O) groups is 1.